The van der Waals surface area contributed by atoms with Crippen LogP contribution in [0.3, 0.4) is 0 Å². The Hall–Kier alpha value is -4.08. The summed E-state index contributed by atoms with van der Waals surface area (Å²) in [5.74, 6) is 0.0393. The lowest BCUT2D eigenvalue weighted by atomic mass is 10.2. The maximum Gasteiger partial charge on any atom is 0.324 e. The summed E-state index contributed by atoms with van der Waals surface area (Å²) in [5.41, 5.74) is 1.51. The molecule has 2 N–H and O–H groups in total. The van der Waals surface area contributed by atoms with Crippen LogP contribution in [-0.4, -0.2) is 40.3 Å². The van der Waals surface area contributed by atoms with Gasteiger partial charge in [-0.25, -0.2) is 14.2 Å². The maximum absolute atomic E-state index is 13.0. The summed E-state index contributed by atoms with van der Waals surface area (Å²) in [7, 11) is 3.55. The number of nitrogens with one attached hydrogen (secondary N) is 2. The van der Waals surface area contributed by atoms with Gasteiger partial charge in [-0.3, -0.25) is 10.3 Å². The van der Waals surface area contributed by atoms with Gasteiger partial charge in [0.15, 0.2) is 0 Å². The van der Waals surface area contributed by atoms with Gasteiger partial charge in [-0.05, 0) is 36.4 Å². The maximum atomic E-state index is 13.0. The van der Waals surface area contributed by atoms with Crippen molar-refractivity contribution < 1.29 is 13.6 Å². The van der Waals surface area contributed by atoms with Gasteiger partial charge in [0, 0.05) is 37.6 Å². The van der Waals surface area contributed by atoms with E-state index in [1.165, 1.54) is 24.3 Å². The van der Waals surface area contributed by atoms with Gasteiger partial charge in [-0.2, -0.15) is 0 Å². The normalized spacial score (nSPS) is 10.7. The van der Waals surface area contributed by atoms with Crippen molar-refractivity contribution in [2.24, 2.45) is 0 Å². The van der Waals surface area contributed by atoms with Crippen LogP contribution >= 0.6 is 0 Å². The van der Waals surface area contributed by atoms with E-state index < -0.39 is 11.8 Å². The van der Waals surface area contributed by atoms with E-state index in [2.05, 4.69) is 30.8 Å². The molecule has 1 aromatic carbocycles. The number of hydrogen-bond acceptors (Lipinski definition) is 7. The highest BCUT2D eigenvalue weighted by Crippen LogP contribution is 2.30. The fourth-order valence-electron chi connectivity index (χ4n) is 2.58. The van der Waals surface area contributed by atoms with Gasteiger partial charge >= 0.3 is 12.0 Å². The van der Waals surface area contributed by atoms with Crippen molar-refractivity contribution in [2.75, 3.05) is 29.6 Å². The van der Waals surface area contributed by atoms with Crippen molar-refractivity contribution in [3.05, 3.63) is 54.6 Å². The molecular formula is C19H16FN7O2. The second kappa shape index (κ2) is 7.50. The Labute approximate surface area is 164 Å². The van der Waals surface area contributed by atoms with E-state index in [0.29, 0.717) is 22.8 Å². The number of nitrogens with zero attached hydrogens (tertiary/aromatic N) is 5. The molecule has 2 amide bonds. The molecule has 0 unspecified atom stereocenters. The van der Waals surface area contributed by atoms with E-state index >= 15 is 0 Å². The monoisotopic (exact) mass is 393 g/mol. The summed E-state index contributed by atoms with van der Waals surface area (Å²) < 4.78 is 18.7. The second-order valence-corrected chi connectivity index (χ2v) is 6.32. The number of amides is 2. The lowest BCUT2D eigenvalue weighted by Crippen LogP contribution is -2.20. The molecule has 3 heterocycles. The fraction of sp³-hybridized carbons (Fsp3) is 0.105. The number of anilines is 3. The highest BCUT2D eigenvalue weighted by Gasteiger charge is 2.18. The molecule has 0 aliphatic carbocycles. The minimum Gasteiger partial charge on any atom is -0.403 e. The minimum absolute atomic E-state index is 0.198. The van der Waals surface area contributed by atoms with Crippen LogP contribution in [0.15, 0.2) is 53.2 Å². The zero-order valence-electron chi connectivity index (χ0n) is 15.5. The molecule has 9 nitrogen and oxygen atoms in total. The molecule has 29 heavy (non-hydrogen) atoms. The molecule has 0 aliphatic heterocycles. The average molecular weight is 393 g/mol. The van der Waals surface area contributed by atoms with E-state index in [9.17, 15) is 9.18 Å². The Morgan fingerprint density at radius 2 is 1.90 bits per heavy atom. The molecule has 4 rings (SSSR count). The summed E-state index contributed by atoms with van der Waals surface area (Å²) in [4.78, 5) is 22.7. The number of carbonyl (C=O) groups excluding carboxylic acids is 1. The van der Waals surface area contributed by atoms with Crippen molar-refractivity contribution in [1.82, 2.24) is 20.2 Å². The molecule has 0 spiro atoms. The Kier molecular flexibility index (Phi) is 4.73. The van der Waals surface area contributed by atoms with Gasteiger partial charge in [-0.15, -0.1) is 5.10 Å². The summed E-state index contributed by atoms with van der Waals surface area (Å²) >= 11 is 0. The molecular weight excluding hydrogens is 377 g/mol. The Morgan fingerprint density at radius 1 is 1.10 bits per heavy atom. The third kappa shape index (κ3) is 3.95. The third-order valence-electron chi connectivity index (χ3n) is 3.98. The van der Waals surface area contributed by atoms with Crippen LogP contribution in [0.5, 0.6) is 0 Å². The van der Waals surface area contributed by atoms with E-state index in [-0.39, 0.29) is 11.7 Å². The van der Waals surface area contributed by atoms with Gasteiger partial charge in [0.2, 0.25) is 0 Å². The molecule has 146 valence electrons. The molecule has 0 bridgehead atoms. The number of urea groups is 1. The lowest BCUT2D eigenvalue weighted by molar-refractivity contribution is 0.262. The standard InChI is InChI=1S/C19H16FN7O2/c1-27(2)19-26-25-17(29-19)14-9-11-10-21-8-7-15(11)23-16(14)24-18(28)22-13-5-3-12(20)4-6-13/h3-10H,1-2H3,(H2,22,23,24,28). The van der Waals surface area contributed by atoms with E-state index in [1.807, 2.05) is 0 Å². The number of halogens is 1. The van der Waals surface area contributed by atoms with Crippen molar-refractivity contribution in [2.45, 2.75) is 0 Å². The number of fused-ring (bicyclic) bond motifs is 1. The van der Waals surface area contributed by atoms with Crippen LogP contribution in [-0.2, 0) is 0 Å². The van der Waals surface area contributed by atoms with Gasteiger partial charge in [0.1, 0.15) is 11.6 Å². The van der Waals surface area contributed by atoms with Crippen molar-refractivity contribution >= 4 is 34.5 Å². The molecule has 0 radical (unpaired) electrons. The first-order chi connectivity index (χ1) is 14.0. The predicted octanol–water partition coefficient (Wildman–Crippen LogP) is 3.53. The zero-order valence-corrected chi connectivity index (χ0v) is 15.5. The number of pyridine rings is 2. The summed E-state index contributed by atoms with van der Waals surface area (Å²) in [5, 5.41) is 14.1. The Balaban J connectivity index is 1.69. The number of carbonyl (C=O) groups is 1. The number of benzene rings is 1. The zero-order chi connectivity index (χ0) is 20.4. The first-order valence-corrected chi connectivity index (χ1v) is 8.59. The van der Waals surface area contributed by atoms with E-state index in [1.54, 1.807) is 43.5 Å². The van der Waals surface area contributed by atoms with E-state index in [0.717, 1.165) is 5.39 Å². The Bertz CT molecular complexity index is 1170. The quantitative estimate of drug-likeness (QED) is 0.546. The summed E-state index contributed by atoms with van der Waals surface area (Å²) in [6, 6.07) is 8.66. The molecule has 0 saturated carbocycles. The van der Waals surface area contributed by atoms with Crippen LogP contribution in [0.25, 0.3) is 22.4 Å². The fourth-order valence-corrected chi connectivity index (χ4v) is 2.58. The highest BCUT2D eigenvalue weighted by atomic mass is 19.1. The molecule has 0 aliphatic rings. The number of rotatable bonds is 4. The van der Waals surface area contributed by atoms with Gasteiger partial charge in [-0.1, -0.05) is 5.10 Å². The molecule has 0 saturated heterocycles. The van der Waals surface area contributed by atoms with Crippen molar-refractivity contribution in [3.63, 3.8) is 0 Å². The highest BCUT2D eigenvalue weighted by molar-refractivity contribution is 6.02. The first kappa shape index (κ1) is 18.3. The molecule has 3 aromatic heterocycles. The van der Waals surface area contributed by atoms with Crippen LogP contribution in [0.4, 0.5) is 26.7 Å². The topological polar surface area (TPSA) is 109 Å². The summed E-state index contributed by atoms with van der Waals surface area (Å²) in [6.45, 7) is 0. The molecule has 0 fully saturated rings. The number of aromatic nitrogens is 4. The van der Waals surface area contributed by atoms with Gasteiger partial charge in [0.25, 0.3) is 5.89 Å². The summed E-state index contributed by atoms with van der Waals surface area (Å²) in [6.07, 6.45) is 3.26. The smallest absolute Gasteiger partial charge is 0.324 e. The lowest BCUT2D eigenvalue weighted by Gasteiger charge is -2.11. The first-order valence-electron chi connectivity index (χ1n) is 8.59. The number of hydrogen-bond donors (Lipinski definition) is 2. The van der Waals surface area contributed by atoms with Crippen molar-refractivity contribution in [3.8, 4) is 11.5 Å². The van der Waals surface area contributed by atoms with Crippen LogP contribution in [0, 0.1) is 5.82 Å². The largest absolute Gasteiger partial charge is 0.403 e. The average Bonchev–Trinajstić information content (AvgIpc) is 3.19. The second-order valence-electron chi connectivity index (χ2n) is 6.32. The van der Waals surface area contributed by atoms with Crippen molar-refractivity contribution in [1.29, 1.82) is 0 Å². The minimum atomic E-state index is -0.550. The molecule has 10 heteroatoms. The van der Waals surface area contributed by atoms with Crippen LogP contribution < -0.4 is 15.5 Å². The predicted molar refractivity (Wildman–Crippen MR) is 106 cm³/mol. The SMILES string of the molecule is CN(C)c1nnc(-c2cc3cnccc3nc2NC(=O)Nc2ccc(F)cc2)o1. The molecule has 0 atom stereocenters. The van der Waals surface area contributed by atoms with Gasteiger partial charge < -0.3 is 14.6 Å². The van der Waals surface area contributed by atoms with Gasteiger partial charge in [0.05, 0.1) is 11.1 Å². The Morgan fingerprint density at radius 3 is 2.62 bits per heavy atom. The van der Waals surface area contributed by atoms with Crippen LogP contribution in [0.1, 0.15) is 0 Å². The van der Waals surface area contributed by atoms with Crippen LogP contribution in [0.2, 0.25) is 0 Å². The molecule has 4 aromatic rings. The third-order valence-corrected chi connectivity index (χ3v) is 3.98. The van der Waals surface area contributed by atoms with E-state index in [4.69, 9.17) is 4.42 Å².